The van der Waals surface area contributed by atoms with E-state index < -0.39 is 5.60 Å². The summed E-state index contributed by atoms with van der Waals surface area (Å²) in [5, 5.41) is 29.2. The summed E-state index contributed by atoms with van der Waals surface area (Å²) >= 11 is 0. The molecule has 3 aromatic rings. The number of pyridine rings is 2. The SMILES string of the molecule is CNC(=O)[C@H]1CC[C@H](NC(=O)c2cnc(-n3ccc4cc(C#N)cnc43)cc2NCC(C)(C)O)CC1. The second kappa shape index (κ2) is 10.3. The summed E-state index contributed by atoms with van der Waals surface area (Å²) in [4.78, 5) is 34.0. The zero-order chi connectivity index (χ0) is 25.9. The first kappa shape index (κ1) is 25.1. The molecule has 4 rings (SSSR count). The molecule has 10 heteroatoms. The predicted molar refractivity (Wildman–Crippen MR) is 136 cm³/mol. The van der Waals surface area contributed by atoms with Gasteiger partial charge < -0.3 is 21.1 Å². The molecule has 0 atom stereocenters. The Balaban J connectivity index is 1.58. The number of carbonyl (C=O) groups is 2. The number of hydrogen-bond donors (Lipinski definition) is 4. The Labute approximate surface area is 209 Å². The van der Waals surface area contributed by atoms with Gasteiger partial charge in [0.05, 0.1) is 22.4 Å². The van der Waals surface area contributed by atoms with E-state index in [1.54, 1.807) is 37.6 Å². The van der Waals surface area contributed by atoms with Crippen LogP contribution in [-0.4, -0.2) is 56.7 Å². The number of rotatable bonds is 7. The molecule has 1 aliphatic rings. The number of carbonyl (C=O) groups excluding carboxylic acids is 2. The molecule has 0 radical (unpaired) electrons. The molecule has 0 unspecified atom stereocenters. The molecule has 1 fully saturated rings. The summed E-state index contributed by atoms with van der Waals surface area (Å²) in [7, 11) is 1.64. The molecule has 1 saturated carbocycles. The van der Waals surface area contributed by atoms with E-state index in [0.29, 0.717) is 28.3 Å². The second-order valence-corrected chi connectivity index (χ2v) is 9.82. The van der Waals surface area contributed by atoms with Gasteiger partial charge in [0.15, 0.2) is 0 Å². The van der Waals surface area contributed by atoms with Crippen LogP contribution in [0.2, 0.25) is 0 Å². The lowest BCUT2D eigenvalue weighted by Crippen LogP contribution is -2.40. The minimum absolute atomic E-state index is 0.0117. The van der Waals surface area contributed by atoms with Gasteiger partial charge in [0.2, 0.25) is 5.91 Å². The Kier molecular flexibility index (Phi) is 7.22. The van der Waals surface area contributed by atoms with Gasteiger partial charge in [-0.1, -0.05) is 0 Å². The van der Waals surface area contributed by atoms with Crippen molar-refractivity contribution in [2.75, 3.05) is 18.9 Å². The molecule has 2 amide bonds. The van der Waals surface area contributed by atoms with Crippen LogP contribution in [0.25, 0.3) is 16.9 Å². The van der Waals surface area contributed by atoms with Gasteiger partial charge in [-0.2, -0.15) is 5.26 Å². The van der Waals surface area contributed by atoms with Gasteiger partial charge in [-0.15, -0.1) is 0 Å². The normalized spacial score (nSPS) is 17.9. The average molecular weight is 490 g/mol. The standard InChI is InChI=1S/C26H31N7O3/c1-26(2,36)15-31-21-11-22(33-9-8-18-10-16(12-27)13-30-23(18)33)29-14-20(21)25(35)32-19-6-4-17(5-7-19)24(34)28-3/h8-11,13-14,17,19,36H,4-7,15H2,1-3H3,(H,28,34)(H,29,31)(H,32,35)/t17-,19-. The minimum atomic E-state index is -0.995. The number of fused-ring (bicyclic) bond motifs is 1. The van der Waals surface area contributed by atoms with Gasteiger partial charge in [-0.25, -0.2) is 9.97 Å². The monoisotopic (exact) mass is 489 g/mol. The van der Waals surface area contributed by atoms with Crippen LogP contribution in [-0.2, 0) is 4.79 Å². The third-order valence-corrected chi connectivity index (χ3v) is 6.43. The number of anilines is 1. The lowest BCUT2D eigenvalue weighted by atomic mass is 9.85. The zero-order valence-corrected chi connectivity index (χ0v) is 20.7. The molecule has 0 saturated heterocycles. The van der Waals surface area contributed by atoms with E-state index in [9.17, 15) is 14.7 Å². The van der Waals surface area contributed by atoms with E-state index in [-0.39, 0.29) is 30.3 Å². The highest BCUT2D eigenvalue weighted by atomic mass is 16.3. The fraction of sp³-hybridized carbons (Fsp3) is 0.423. The van der Waals surface area contributed by atoms with E-state index in [0.717, 1.165) is 31.1 Å². The molecule has 4 N–H and O–H groups in total. The molecular weight excluding hydrogens is 458 g/mol. The number of hydrogen-bond acceptors (Lipinski definition) is 7. The van der Waals surface area contributed by atoms with Gasteiger partial charge in [0.25, 0.3) is 5.91 Å². The van der Waals surface area contributed by atoms with E-state index in [1.165, 1.54) is 12.4 Å². The predicted octanol–water partition coefficient (Wildman–Crippen LogP) is 2.51. The van der Waals surface area contributed by atoms with Crippen LogP contribution in [0.1, 0.15) is 55.5 Å². The zero-order valence-electron chi connectivity index (χ0n) is 20.7. The summed E-state index contributed by atoms with van der Waals surface area (Å²) in [5.74, 6) is 0.323. The fourth-order valence-corrected chi connectivity index (χ4v) is 4.45. The van der Waals surface area contributed by atoms with Crippen molar-refractivity contribution in [3.8, 4) is 11.9 Å². The van der Waals surface area contributed by atoms with E-state index >= 15 is 0 Å². The Morgan fingerprint density at radius 2 is 1.94 bits per heavy atom. The van der Waals surface area contributed by atoms with E-state index in [1.807, 2.05) is 12.3 Å². The number of aliphatic hydroxyl groups is 1. The number of aromatic nitrogens is 3. The van der Waals surface area contributed by atoms with Crippen LogP contribution in [0.3, 0.4) is 0 Å². The van der Waals surface area contributed by atoms with Crippen LogP contribution in [0.4, 0.5) is 5.69 Å². The topological polar surface area (TPSA) is 145 Å². The van der Waals surface area contributed by atoms with Crippen molar-refractivity contribution in [1.82, 2.24) is 25.2 Å². The average Bonchev–Trinajstić information content (AvgIpc) is 3.30. The van der Waals surface area contributed by atoms with Gasteiger partial charge in [-0.3, -0.25) is 14.2 Å². The minimum Gasteiger partial charge on any atom is -0.389 e. The second-order valence-electron chi connectivity index (χ2n) is 9.82. The first-order valence-electron chi connectivity index (χ1n) is 12.0. The Bertz CT molecular complexity index is 1310. The molecule has 1 aliphatic carbocycles. The smallest absolute Gasteiger partial charge is 0.255 e. The highest BCUT2D eigenvalue weighted by Gasteiger charge is 2.27. The summed E-state index contributed by atoms with van der Waals surface area (Å²) in [5.41, 5.74) is 1.02. The number of amides is 2. The highest BCUT2D eigenvalue weighted by Crippen LogP contribution is 2.26. The van der Waals surface area contributed by atoms with Gasteiger partial charge in [0, 0.05) is 55.6 Å². The first-order valence-corrected chi connectivity index (χ1v) is 12.0. The maximum absolute atomic E-state index is 13.2. The van der Waals surface area contributed by atoms with Crippen molar-refractivity contribution in [3.63, 3.8) is 0 Å². The number of nitrogens with zero attached hydrogens (tertiary/aromatic N) is 4. The van der Waals surface area contributed by atoms with Crippen molar-refractivity contribution < 1.29 is 14.7 Å². The largest absolute Gasteiger partial charge is 0.389 e. The maximum atomic E-state index is 13.2. The Morgan fingerprint density at radius 3 is 2.61 bits per heavy atom. The molecule has 0 aliphatic heterocycles. The van der Waals surface area contributed by atoms with Crippen molar-refractivity contribution in [1.29, 1.82) is 5.26 Å². The van der Waals surface area contributed by atoms with Crippen LogP contribution < -0.4 is 16.0 Å². The summed E-state index contributed by atoms with van der Waals surface area (Å²) in [6.07, 6.45) is 7.75. The summed E-state index contributed by atoms with van der Waals surface area (Å²) in [6.45, 7) is 3.59. The number of nitriles is 1. The van der Waals surface area contributed by atoms with Crippen LogP contribution in [0, 0.1) is 17.2 Å². The lowest BCUT2D eigenvalue weighted by Gasteiger charge is -2.28. The van der Waals surface area contributed by atoms with Gasteiger partial charge in [0.1, 0.15) is 17.5 Å². The number of nitrogens with one attached hydrogen (secondary N) is 3. The summed E-state index contributed by atoms with van der Waals surface area (Å²) < 4.78 is 1.79. The molecule has 188 valence electrons. The molecule has 3 aromatic heterocycles. The molecule has 0 spiro atoms. The van der Waals surface area contributed by atoms with Gasteiger partial charge >= 0.3 is 0 Å². The van der Waals surface area contributed by atoms with Crippen molar-refractivity contribution in [2.24, 2.45) is 5.92 Å². The molecule has 10 nitrogen and oxygen atoms in total. The third-order valence-electron chi connectivity index (χ3n) is 6.43. The lowest BCUT2D eigenvalue weighted by molar-refractivity contribution is -0.125. The van der Waals surface area contributed by atoms with Crippen molar-refractivity contribution >= 4 is 28.5 Å². The van der Waals surface area contributed by atoms with Crippen molar-refractivity contribution in [3.05, 3.63) is 47.9 Å². The van der Waals surface area contributed by atoms with Gasteiger partial charge in [-0.05, 0) is 51.7 Å². The third kappa shape index (κ3) is 5.63. The quantitative estimate of drug-likeness (QED) is 0.399. The maximum Gasteiger partial charge on any atom is 0.255 e. The molecular formula is C26H31N7O3. The highest BCUT2D eigenvalue weighted by molar-refractivity contribution is 5.99. The fourth-order valence-electron chi connectivity index (χ4n) is 4.45. The van der Waals surface area contributed by atoms with Crippen molar-refractivity contribution in [2.45, 2.75) is 51.2 Å². The molecule has 36 heavy (non-hydrogen) atoms. The van der Waals surface area contributed by atoms with E-state index in [4.69, 9.17) is 5.26 Å². The van der Waals surface area contributed by atoms with Crippen LogP contribution >= 0.6 is 0 Å². The first-order chi connectivity index (χ1) is 17.2. The molecule has 0 bridgehead atoms. The molecule has 0 aromatic carbocycles. The Hall–Kier alpha value is -3.97. The Morgan fingerprint density at radius 1 is 1.19 bits per heavy atom. The van der Waals surface area contributed by atoms with Crippen LogP contribution in [0.15, 0.2) is 36.8 Å². The summed E-state index contributed by atoms with van der Waals surface area (Å²) in [6, 6.07) is 7.43. The molecule has 3 heterocycles. The van der Waals surface area contributed by atoms with E-state index in [2.05, 4.69) is 32.0 Å². The van der Waals surface area contributed by atoms with Crippen LogP contribution in [0.5, 0.6) is 0 Å².